The SMILES string of the molecule is Cl.Cl.O=C(NCc1nnc2ccccn12)C1CCCCN1. The molecule has 2 N–H and O–H groups in total. The first-order valence-corrected chi connectivity index (χ1v) is 6.64. The Bertz CT molecular complexity index is 583. The quantitative estimate of drug-likeness (QED) is 0.890. The Hall–Kier alpha value is -1.37. The molecule has 2 aromatic rings. The van der Waals surface area contributed by atoms with E-state index in [2.05, 4.69) is 20.8 Å². The molecule has 0 radical (unpaired) electrons. The van der Waals surface area contributed by atoms with Crippen molar-refractivity contribution in [1.82, 2.24) is 25.2 Å². The molecule has 1 unspecified atom stereocenters. The summed E-state index contributed by atoms with van der Waals surface area (Å²) in [5, 5.41) is 14.3. The smallest absolute Gasteiger partial charge is 0.237 e. The molecule has 1 aliphatic rings. The molecule has 1 aliphatic heterocycles. The summed E-state index contributed by atoms with van der Waals surface area (Å²) >= 11 is 0. The maximum absolute atomic E-state index is 12.0. The molecule has 1 atom stereocenters. The molecule has 6 nitrogen and oxygen atoms in total. The highest BCUT2D eigenvalue weighted by molar-refractivity contribution is 5.85. The van der Waals surface area contributed by atoms with Crippen LogP contribution in [-0.2, 0) is 11.3 Å². The lowest BCUT2D eigenvalue weighted by atomic mass is 10.0. The van der Waals surface area contributed by atoms with E-state index >= 15 is 0 Å². The fourth-order valence-electron chi connectivity index (χ4n) is 2.38. The second kappa shape index (κ2) is 8.17. The van der Waals surface area contributed by atoms with Crippen molar-refractivity contribution in [3.63, 3.8) is 0 Å². The van der Waals surface area contributed by atoms with Gasteiger partial charge in [0.05, 0.1) is 12.6 Å². The van der Waals surface area contributed by atoms with Crippen LogP contribution in [-0.4, -0.2) is 33.1 Å². The molecule has 0 aromatic carbocycles. The van der Waals surface area contributed by atoms with Crippen LogP contribution in [0.5, 0.6) is 0 Å². The van der Waals surface area contributed by atoms with Gasteiger partial charge in [-0.05, 0) is 31.5 Å². The van der Waals surface area contributed by atoms with E-state index in [0.29, 0.717) is 6.54 Å². The Labute approximate surface area is 135 Å². The van der Waals surface area contributed by atoms with Gasteiger partial charge in [-0.25, -0.2) is 0 Å². The zero-order valence-corrected chi connectivity index (χ0v) is 13.1. The van der Waals surface area contributed by atoms with Crippen LogP contribution in [0.1, 0.15) is 25.1 Å². The number of carbonyl (C=O) groups excluding carboxylic acids is 1. The number of fused-ring (bicyclic) bond motifs is 1. The number of hydrogen-bond acceptors (Lipinski definition) is 4. The van der Waals surface area contributed by atoms with E-state index in [9.17, 15) is 4.79 Å². The van der Waals surface area contributed by atoms with Gasteiger partial charge in [-0.3, -0.25) is 9.20 Å². The Morgan fingerprint density at radius 3 is 2.95 bits per heavy atom. The van der Waals surface area contributed by atoms with Gasteiger partial charge in [0.15, 0.2) is 11.5 Å². The monoisotopic (exact) mass is 331 g/mol. The lowest BCUT2D eigenvalue weighted by molar-refractivity contribution is -0.123. The highest BCUT2D eigenvalue weighted by Gasteiger charge is 2.20. The lowest BCUT2D eigenvalue weighted by Gasteiger charge is -2.22. The van der Waals surface area contributed by atoms with Crippen LogP contribution in [0.4, 0.5) is 0 Å². The maximum Gasteiger partial charge on any atom is 0.237 e. The summed E-state index contributed by atoms with van der Waals surface area (Å²) in [6, 6.07) is 5.66. The number of piperidine rings is 1. The van der Waals surface area contributed by atoms with E-state index in [4.69, 9.17) is 0 Å². The van der Waals surface area contributed by atoms with Gasteiger partial charge < -0.3 is 10.6 Å². The fourth-order valence-corrected chi connectivity index (χ4v) is 2.38. The van der Waals surface area contributed by atoms with Gasteiger partial charge in [0.25, 0.3) is 0 Å². The second-order valence-corrected chi connectivity index (χ2v) is 4.77. The van der Waals surface area contributed by atoms with Crippen LogP contribution in [0.15, 0.2) is 24.4 Å². The van der Waals surface area contributed by atoms with Crippen LogP contribution < -0.4 is 10.6 Å². The molecule has 116 valence electrons. The van der Waals surface area contributed by atoms with E-state index in [1.807, 2.05) is 28.8 Å². The molecule has 2 aromatic heterocycles. The van der Waals surface area contributed by atoms with E-state index in [1.165, 1.54) is 0 Å². The highest BCUT2D eigenvalue weighted by Crippen LogP contribution is 2.07. The molecule has 0 spiro atoms. The minimum Gasteiger partial charge on any atom is -0.347 e. The van der Waals surface area contributed by atoms with E-state index < -0.39 is 0 Å². The summed E-state index contributed by atoms with van der Waals surface area (Å²) < 4.78 is 1.88. The average molecular weight is 332 g/mol. The van der Waals surface area contributed by atoms with Gasteiger partial charge in [0.1, 0.15) is 0 Å². The zero-order valence-electron chi connectivity index (χ0n) is 11.5. The molecule has 1 saturated heterocycles. The topological polar surface area (TPSA) is 71.3 Å². The molecule has 3 heterocycles. The number of pyridine rings is 1. The lowest BCUT2D eigenvalue weighted by Crippen LogP contribution is -2.46. The number of aromatic nitrogens is 3. The van der Waals surface area contributed by atoms with Gasteiger partial charge >= 0.3 is 0 Å². The fraction of sp³-hybridized carbons (Fsp3) is 0.462. The average Bonchev–Trinajstić information content (AvgIpc) is 2.89. The van der Waals surface area contributed by atoms with Crippen molar-refractivity contribution in [2.75, 3.05) is 6.54 Å². The summed E-state index contributed by atoms with van der Waals surface area (Å²) in [5.41, 5.74) is 0.794. The first kappa shape index (κ1) is 17.7. The normalized spacial score (nSPS) is 17.6. The number of nitrogens with one attached hydrogen (secondary N) is 2. The summed E-state index contributed by atoms with van der Waals surface area (Å²) in [4.78, 5) is 12.0. The Morgan fingerprint density at radius 2 is 2.19 bits per heavy atom. The number of halogens is 2. The molecule has 8 heteroatoms. The number of amides is 1. The minimum absolute atomic E-state index is 0. The molecule has 0 aliphatic carbocycles. The summed E-state index contributed by atoms with van der Waals surface area (Å²) in [6.45, 7) is 1.33. The first-order valence-electron chi connectivity index (χ1n) is 6.64. The summed E-state index contributed by atoms with van der Waals surface area (Å²) in [6.07, 6.45) is 5.07. The Balaban J connectivity index is 0.00000110. The van der Waals surface area contributed by atoms with Crippen molar-refractivity contribution >= 4 is 36.4 Å². The standard InChI is InChI=1S/C13H17N5O.2ClH/c19-13(10-5-1-3-7-14-10)15-9-12-17-16-11-6-2-4-8-18(11)12;;/h2,4,6,8,10,14H,1,3,5,7,9H2,(H,15,19);2*1H. The molecule has 0 saturated carbocycles. The van der Waals surface area contributed by atoms with Gasteiger partial charge in [-0.15, -0.1) is 35.0 Å². The van der Waals surface area contributed by atoms with E-state index in [-0.39, 0.29) is 36.8 Å². The molecular weight excluding hydrogens is 313 g/mol. The number of nitrogens with zero attached hydrogens (tertiary/aromatic N) is 3. The zero-order chi connectivity index (χ0) is 13.1. The minimum atomic E-state index is -0.0621. The molecule has 0 bridgehead atoms. The van der Waals surface area contributed by atoms with Crippen molar-refractivity contribution in [2.45, 2.75) is 31.8 Å². The van der Waals surface area contributed by atoms with Crippen molar-refractivity contribution in [3.8, 4) is 0 Å². The summed E-state index contributed by atoms with van der Waals surface area (Å²) in [5.74, 6) is 0.798. The molecule has 21 heavy (non-hydrogen) atoms. The van der Waals surface area contributed by atoms with Crippen LogP contribution in [0.25, 0.3) is 5.65 Å². The van der Waals surface area contributed by atoms with Crippen LogP contribution in [0.3, 0.4) is 0 Å². The van der Waals surface area contributed by atoms with Crippen LogP contribution in [0, 0.1) is 0 Å². The predicted octanol–water partition coefficient (Wildman–Crippen LogP) is 1.33. The predicted molar refractivity (Wildman–Crippen MR) is 85.0 cm³/mol. The highest BCUT2D eigenvalue weighted by atomic mass is 35.5. The van der Waals surface area contributed by atoms with Gasteiger partial charge in [-0.2, -0.15) is 0 Å². The van der Waals surface area contributed by atoms with Crippen LogP contribution >= 0.6 is 24.8 Å². The van der Waals surface area contributed by atoms with Gasteiger partial charge in [-0.1, -0.05) is 12.5 Å². The van der Waals surface area contributed by atoms with Crippen molar-refractivity contribution in [1.29, 1.82) is 0 Å². The van der Waals surface area contributed by atoms with Gasteiger partial charge in [0, 0.05) is 6.20 Å². The Morgan fingerprint density at radius 1 is 1.33 bits per heavy atom. The summed E-state index contributed by atoms with van der Waals surface area (Å²) in [7, 11) is 0. The van der Waals surface area contributed by atoms with Crippen molar-refractivity contribution in [2.24, 2.45) is 0 Å². The number of carbonyl (C=O) groups is 1. The molecule has 3 rings (SSSR count). The van der Waals surface area contributed by atoms with Crippen molar-refractivity contribution in [3.05, 3.63) is 30.2 Å². The maximum atomic E-state index is 12.0. The van der Waals surface area contributed by atoms with Crippen LogP contribution in [0.2, 0.25) is 0 Å². The second-order valence-electron chi connectivity index (χ2n) is 4.77. The third kappa shape index (κ3) is 4.06. The third-order valence-corrected chi connectivity index (χ3v) is 3.43. The number of hydrogen-bond donors (Lipinski definition) is 2. The first-order chi connectivity index (χ1) is 9.34. The Kier molecular flexibility index (Phi) is 6.87. The van der Waals surface area contributed by atoms with E-state index in [1.54, 1.807) is 0 Å². The third-order valence-electron chi connectivity index (χ3n) is 3.43. The van der Waals surface area contributed by atoms with E-state index in [0.717, 1.165) is 37.3 Å². The van der Waals surface area contributed by atoms with Crippen molar-refractivity contribution < 1.29 is 4.79 Å². The largest absolute Gasteiger partial charge is 0.347 e. The van der Waals surface area contributed by atoms with Gasteiger partial charge in [0.2, 0.25) is 5.91 Å². The molecular formula is C13H19Cl2N5O. The molecule has 1 amide bonds. The number of rotatable bonds is 3. The molecule has 1 fully saturated rings.